The minimum atomic E-state index is -1.25. The fraction of sp³-hybridized carbons (Fsp3) is 0.154. The summed E-state index contributed by atoms with van der Waals surface area (Å²) in [6.45, 7) is 0. The van der Waals surface area contributed by atoms with Crippen LogP contribution in [0.5, 0.6) is 0 Å². The van der Waals surface area contributed by atoms with Crippen molar-refractivity contribution in [3.8, 4) is 0 Å². The number of carbonyl (C=O) groups excluding carboxylic acids is 2. The van der Waals surface area contributed by atoms with Gasteiger partial charge in [-0.2, -0.15) is 0 Å². The van der Waals surface area contributed by atoms with Gasteiger partial charge in [0.15, 0.2) is 0 Å². The highest BCUT2D eigenvalue weighted by Crippen LogP contribution is 2.38. The Bertz CT molecular complexity index is 1350. The van der Waals surface area contributed by atoms with Crippen molar-refractivity contribution < 1.29 is 24.0 Å². The molecule has 36 heavy (non-hydrogen) atoms. The van der Waals surface area contributed by atoms with Crippen LogP contribution in [0, 0.1) is 21.8 Å². The summed E-state index contributed by atoms with van der Waals surface area (Å²) in [6, 6.07) is 17.7. The number of benzene rings is 3. The third kappa shape index (κ3) is 4.02. The standard InChI is InChI=1S/C26H21FN4O5/c27-20-8-4-5-9-21(20)28-30-22(24(32)16-10-12-18(13-11-16)31(35)36)15-14-19-23(30)26(34)29(25(19)33)17-6-2-1-3-7-17/h1-15,19,22-24,28,32H. The number of hydrazine groups is 1. The van der Waals surface area contributed by atoms with Gasteiger partial charge in [-0.25, -0.2) is 14.3 Å². The van der Waals surface area contributed by atoms with Crippen LogP contribution < -0.4 is 10.3 Å². The Morgan fingerprint density at radius 3 is 2.25 bits per heavy atom. The second kappa shape index (κ2) is 9.33. The first-order chi connectivity index (χ1) is 17.4. The first-order valence-corrected chi connectivity index (χ1v) is 11.2. The lowest BCUT2D eigenvalue weighted by Crippen LogP contribution is -2.55. The molecule has 0 aliphatic carbocycles. The SMILES string of the molecule is O=C1C2C=CC(C(O)c3ccc([N+](=O)[O-])cc3)N(Nc3ccccc3F)C2C(=O)N1c1ccccc1. The van der Waals surface area contributed by atoms with Crippen LogP contribution in [0.25, 0.3) is 0 Å². The molecule has 1 fully saturated rings. The molecule has 182 valence electrons. The van der Waals surface area contributed by atoms with Gasteiger partial charge in [0.05, 0.1) is 34.4 Å². The molecule has 2 aliphatic rings. The van der Waals surface area contributed by atoms with Gasteiger partial charge in [0.2, 0.25) is 5.91 Å². The molecule has 4 unspecified atom stereocenters. The van der Waals surface area contributed by atoms with Crippen molar-refractivity contribution in [1.82, 2.24) is 5.01 Å². The number of nitrogens with zero attached hydrogens (tertiary/aromatic N) is 3. The van der Waals surface area contributed by atoms with Gasteiger partial charge in [0.1, 0.15) is 11.9 Å². The summed E-state index contributed by atoms with van der Waals surface area (Å²) in [5.74, 6) is -2.40. The summed E-state index contributed by atoms with van der Waals surface area (Å²) in [6.07, 6.45) is 1.91. The molecule has 2 heterocycles. The fourth-order valence-corrected chi connectivity index (χ4v) is 4.58. The maximum absolute atomic E-state index is 14.6. The summed E-state index contributed by atoms with van der Waals surface area (Å²) < 4.78 is 14.6. The number of aliphatic hydroxyl groups is 1. The van der Waals surface area contributed by atoms with Crippen molar-refractivity contribution >= 4 is 28.9 Å². The number of hydrogen-bond donors (Lipinski definition) is 2. The quantitative estimate of drug-likeness (QED) is 0.236. The van der Waals surface area contributed by atoms with Gasteiger partial charge in [0, 0.05) is 12.1 Å². The predicted molar refractivity (Wildman–Crippen MR) is 129 cm³/mol. The Morgan fingerprint density at radius 1 is 0.917 bits per heavy atom. The average molecular weight is 488 g/mol. The first-order valence-electron chi connectivity index (χ1n) is 11.2. The number of hydrogen-bond acceptors (Lipinski definition) is 7. The molecule has 1 saturated heterocycles. The number of aliphatic hydroxyl groups excluding tert-OH is 1. The van der Waals surface area contributed by atoms with Crippen LogP contribution in [0.2, 0.25) is 0 Å². The van der Waals surface area contributed by atoms with Gasteiger partial charge in [0.25, 0.3) is 11.6 Å². The molecule has 3 aromatic carbocycles. The largest absolute Gasteiger partial charge is 0.386 e. The van der Waals surface area contributed by atoms with Crippen molar-refractivity contribution in [1.29, 1.82) is 0 Å². The van der Waals surface area contributed by atoms with E-state index in [1.54, 1.807) is 48.6 Å². The van der Waals surface area contributed by atoms with Crippen LogP contribution in [0.15, 0.2) is 91.0 Å². The van der Waals surface area contributed by atoms with E-state index in [0.717, 1.165) is 4.90 Å². The number of anilines is 2. The number of carbonyl (C=O) groups is 2. The monoisotopic (exact) mass is 488 g/mol. The van der Waals surface area contributed by atoms with Crippen LogP contribution in [0.3, 0.4) is 0 Å². The van der Waals surface area contributed by atoms with E-state index in [9.17, 15) is 29.2 Å². The molecular formula is C26H21FN4O5. The zero-order valence-corrected chi connectivity index (χ0v) is 18.8. The highest BCUT2D eigenvalue weighted by Gasteiger charge is 2.54. The second-order valence-corrected chi connectivity index (χ2v) is 8.49. The van der Waals surface area contributed by atoms with Crippen molar-refractivity contribution in [3.05, 3.63) is 113 Å². The molecule has 9 nitrogen and oxygen atoms in total. The van der Waals surface area contributed by atoms with Gasteiger partial charge >= 0.3 is 0 Å². The molecule has 0 aromatic heterocycles. The Balaban J connectivity index is 1.54. The number of imide groups is 1. The van der Waals surface area contributed by atoms with E-state index in [2.05, 4.69) is 5.43 Å². The molecule has 3 aromatic rings. The lowest BCUT2D eigenvalue weighted by Gasteiger charge is -2.40. The molecular weight excluding hydrogens is 467 g/mol. The van der Waals surface area contributed by atoms with Gasteiger partial charge in [-0.05, 0) is 42.0 Å². The topological polar surface area (TPSA) is 116 Å². The lowest BCUT2D eigenvalue weighted by molar-refractivity contribution is -0.384. The summed E-state index contributed by atoms with van der Waals surface area (Å²) in [4.78, 5) is 38.4. The number of fused-ring (bicyclic) bond motifs is 1. The number of amides is 2. The van der Waals surface area contributed by atoms with Crippen LogP contribution in [-0.2, 0) is 9.59 Å². The number of para-hydroxylation sites is 2. The van der Waals surface area contributed by atoms with E-state index in [-0.39, 0.29) is 11.4 Å². The molecule has 4 atom stereocenters. The van der Waals surface area contributed by atoms with Crippen molar-refractivity contribution in [2.75, 3.05) is 10.3 Å². The molecule has 5 rings (SSSR count). The Labute approximate surface area is 205 Å². The van der Waals surface area contributed by atoms with E-state index >= 15 is 0 Å². The number of non-ortho nitro benzene ring substituents is 1. The molecule has 0 radical (unpaired) electrons. The van der Waals surface area contributed by atoms with Crippen LogP contribution in [0.4, 0.5) is 21.5 Å². The lowest BCUT2D eigenvalue weighted by atomic mass is 9.90. The van der Waals surface area contributed by atoms with Crippen LogP contribution >= 0.6 is 0 Å². The highest BCUT2D eigenvalue weighted by molar-refractivity contribution is 6.24. The Kier molecular flexibility index (Phi) is 6.05. The summed E-state index contributed by atoms with van der Waals surface area (Å²) in [5.41, 5.74) is 3.60. The maximum atomic E-state index is 14.6. The third-order valence-electron chi connectivity index (χ3n) is 6.36. The third-order valence-corrected chi connectivity index (χ3v) is 6.36. The fourth-order valence-electron chi connectivity index (χ4n) is 4.58. The zero-order valence-electron chi connectivity index (χ0n) is 18.8. The first kappa shape index (κ1) is 23.3. The van der Waals surface area contributed by atoms with Gasteiger partial charge in [-0.3, -0.25) is 19.7 Å². The van der Waals surface area contributed by atoms with Crippen LogP contribution in [0.1, 0.15) is 11.7 Å². The van der Waals surface area contributed by atoms with E-state index in [1.807, 2.05) is 0 Å². The predicted octanol–water partition coefficient (Wildman–Crippen LogP) is 3.59. The highest BCUT2D eigenvalue weighted by atomic mass is 19.1. The Morgan fingerprint density at radius 2 is 1.58 bits per heavy atom. The maximum Gasteiger partial charge on any atom is 0.269 e. The number of nitro groups is 1. The minimum absolute atomic E-state index is 0.0610. The van der Waals surface area contributed by atoms with Gasteiger partial charge in [-0.15, -0.1) is 0 Å². The zero-order chi connectivity index (χ0) is 25.4. The van der Waals surface area contributed by atoms with Gasteiger partial charge < -0.3 is 10.5 Å². The van der Waals surface area contributed by atoms with E-state index in [1.165, 1.54) is 47.5 Å². The normalized spacial score (nSPS) is 22.4. The number of halogens is 1. The smallest absolute Gasteiger partial charge is 0.269 e. The van der Waals surface area contributed by atoms with Crippen LogP contribution in [-0.4, -0.2) is 38.9 Å². The molecule has 0 spiro atoms. The summed E-state index contributed by atoms with van der Waals surface area (Å²) >= 11 is 0. The minimum Gasteiger partial charge on any atom is -0.386 e. The van der Waals surface area contributed by atoms with E-state index in [4.69, 9.17) is 0 Å². The average Bonchev–Trinajstić information content (AvgIpc) is 3.15. The summed E-state index contributed by atoms with van der Waals surface area (Å²) in [5, 5.41) is 23.6. The molecule has 0 saturated carbocycles. The van der Waals surface area contributed by atoms with Gasteiger partial charge in [-0.1, -0.05) is 42.5 Å². The molecule has 2 N–H and O–H groups in total. The molecule has 0 bridgehead atoms. The Hall–Kier alpha value is -4.41. The number of nitro benzene ring substituents is 1. The van der Waals surface area contributed by atoms with Crippen molar-refractivity contribution in [2.24, 2.45) is 5.92 Å². The van der Waals surface area contributed by atoms with E-state index in [0.29, 0.717) is 11.3 Å². The second-order valence-electron chi connectivity index (χ2n) is 8.49. The molecule has 2 amide bonds. The number of nitrogens with one attached hydrogen (secondary N) is 1. The summed E-state index contributed by atoms with van der Waals surface area (Å²) in [7, 11) is 0. The van der Waals surface area contributed by atoms with Crippen molar-refractivity contribution in [2.45, 2.75) is 18.2 Å². The molecule has 10 heteroatoms. The molecule has 2 aliphatic heterocycles. The van der Waals surface area contributed by atoms with Crippen molar-refractivity contribution in [3.63, 3.8) is 0 Å². The van der Waals surface area contributed by atoms with E-state index < -0.39 is 46.7 Å². The number of rotatable bonds is 6.